The molecular formula is C78H125NO8. The molecular weight excluding hydrogens is 1080 g/mol. The van der Waals surface area contributed by atoms with E-state index in [0.29, 0.717) is 23.9 Å². The van der Waals surface area contributed by atoms with Gasteiger partial charge in [0.15, 0.2) is 12.4 Å². The minimum absolute atomic E-state index is 0.136. The van der Waals surface area contributed by atoms with E-state index in [1.165, 1.54) is 51.4 Å². The SMILES string of the molecule is CC/C=C\C/C=C\C/C=C\C/C=C\C/C=C\C/C=C\C/C=C\C/C=C\CCCCCCCCCCCCCCC(=O)OC(COC(=O)CCCCCCCC/C=C\C/C=C\C/C=C\C/C=C\C/C=C\C/C=C\CC)COC(OCC[N+](C)(C)C)C(=O)[O-]. The highest BCUT2D eigenvalue weighted by molar-refractivity contribution is 5.70. The molecule has 0 bridgehead atoms. The second-order valence-corrected chi connectivity index (χ2v) is 23.3. The van der Waals surface area contributed by atoms with Gasteiger partial charge in [-0.15, -0.1) is 0 Å². The van der Waals surface area contributed by atoms with E-state index in [0.717, 1.165) is 154 Å². The van der Waals surface area contributed by atoms with Crippen molar-refractivity contribution in [3.05, 3.63) is 170 Å². The maximum atomic E-state index is 12.9. The fourth-order valence-electron chi connectivity index (χ4n) is 8.79. The summed E-state index contributed by atoms with van der Waals surface area (Å²) in [5.74, 6) is -2.32. The molecule has 0 aliphatic rings. The molecule has 0 N–H and O–H groups in total. The van der Waals surface area contributed by atoms with Crippen LogP contribution in [-0.2, 0) is 33.3 Å². The van der Waals surface area contributed by atoms with E-state index in [9.17, 15) is 19.5 Å². The van der Waals surface area contributed by atoms with Crippen molar-refractivity contribution in [2.45, 2.75) is 257 Å². The summed E-state index contributed by atoms with van der Waals surface area (Å²) in [4.78, 5) is 37.5. The molecule has 9 nitrogen and oxygen atoms in total. The maximum absolute atomic E-state index is 12.9. The molecule has 0 spiro atoms. The van der Waals surface area contributed by atoms with Gasteiger partial charge < -0.3 is 33.3 Å². The molecule has 490 valence electrons. The van der Waals surface area contributed by atoms with Crippen LogP contribution in [0.25, 0.3) is 0 Å². The van der Waals surface area contributed by atoms with Gasteiger partial charge in [0.25, 0.3) is 0 Å². The van der Waals surface area contributed by atoms with Gasteiger partial charge in [0.1, 0.15) is 13.2 Å². The van der Waals surface area contributed by atoms with Crippen LogP contribution in [0.1, 0.15) is 245 Å². The van der Waals surface area contributed by atoms with Crippen molar-refractivity contribution in [3.8, 4) is 0 Å². The minimum Gasteiger partial charge on any atom is -0.545 e. The number of carbonyl (C=O) groups is 3. The number of carboxylic acids is 1. The summed E-state index contributed by atoms with van der Waals surface area (Å²) < 4.78 is 22.8. The highest BCUT2D eigenvalue weighted by atomic mass is 16.7. The van der Waals surface area contributed by atoms with Crippen molar-refractivity contribution in [2.24, 2.45) is 0 Å². The number of unbranched alkanes of at least 4 members (excludes halogenated alkanes) is 18. The van der Waals surface area contributed by atoms with Crippen LogP contribution in [0.2, 0.25) is 0 Å². The second kappa shape index (κ2) is 66.6. The molecule has 0 aromatic heterocycles. The number of ether oxygens (including phenoxy) is 4. The molecule has 0 aliphatic carbocycles. The Bertz CT molecular complexity index is 2030. The number of hydrogen-bond acceptors (Lipinski definition) is 8. The Morgan fingerprint density at radius 1 is 0.345 bits per heavy atom. The van der Waals surface area contributed by atoms with Crippen LogP contribution in [0.5, 0.6) is 0 Å². The van der Waals surface area contributed by atoms with Gasteiger partial charge in [-0.3, -0.25) is 9.59 Å². The summed E-state index contributed by atoms with van der Waals surface area (Å²) in [6.45, 7) is 4.48. The Morgan fingerprint density at radius 3 is 0.920 bits per heavy atom. The number of esters is 2. The van der Waals surface area contributed by atoms with Gasteiger partial charge >= 0.3 is 11.9 Å². The Labute approximate surface area is 533 Å². The van der Waals surface area contributed by atoms with E-state index < -0.39 is 24.3 Å². The van der Waals surface area contributed by atoms with E-state index >= 15 is 0 Å². The van der Waals surface area contributed by atoms with Crippen molar-refractivity contribution >= 4 is 17.9 Å². The average Bonchev–Trinajstić information content (AvgIpc) is 3.57. The number of allylic oxidation sites excluding steroid dienone is 28. The third-order valence-electron chi connectivity index (χ3n) is 14.0. The predicted octanol–water partition coefficient (Wildman–Crippen LogP) is 20.1. The summed E-state index contributed by atoms with van der Waals surface area (Å²) >= 11 is 0. The first-order valence-electron chi connectivity index (χ1n) is 34.3. The zero-order chi connectivity index (χ0) is 63.3. The molecule has 0 radical (unpaired) electrons. The molecule has 87 heavy (non-hydrogen) atoms. The van der Waals surface area contributed by atoms with E-state index in [4.69, 9.17) is 18.9 Å². The Hall–Kier alpha value is -5.35. The Balaban J connectivity index is 4.20. The van der Waals surface area contributed by atoms with Gasteiger partial charge in [0.05, 0.1) is 40.3 Å². The molecule has 0 aromatic carbocycles. The molecule has 0 aromatic rings. The van der Waals surface area contributed by atoms with Crippen molar-refractivity contribution in [2.75, 3.05) is 47.5 Å². The normalized spacial score (nSPS) is 13.8. The van der Waals surface area contributed by atoms with Crippen molar-refractivity contribution < 1.29 is 42.9 Å². The van der Waals surface area contributed by atoms with E-state index in [2.05, 4.69) is 184 Å². The molecule has 0 saturated carbocycles. The molecule has 0 saturated heterocycles. The zero-order valence-corrected chi connectivity index (χ0v) is 55.8. The van der Waals surface area contributed by atoms with Gasteiger partial charge in [0, 0.05) is 12.8 Å². The summed E-state index contributed by atoms with van der Waals surface area (Å²) in [5.41, 5.74) is 0. The van der Waals surface area contributed by atoms with Crippen LogP contribution in [0, 0.1) is 0 Å². The quantitative estimate of drug-likeness (QED) is 0.0195. The highest BCUT2D eigenvalue weighted by Crippen LogP contribution is 2.15. The van der Waals surface area contributed by atoms with Crippen LogP contribution >= 0.6 is 0 Å². The first-order chi connectivity index (χ1) is 42.6. The van der Waals surface area contributed by atoms with Crippen LogP contribution in [0.3, 0.4) is 0 Å². The Morgan fingerprint density at radius 2 is 0.621 bits per heavy atom. The van der Waals surface area contributed by atoms with Gasteiger partial charge in [-0.05, 0) is 128 Å². The lowest BCUT2D eigenvalue weighted by atomic mass is 10.0. The van der Waals surface area contributed by atoms with Crippen LogP contribution in [0.4, 0.5) is 0 Å². The van der Waals surface area contributed by atoms with Gasteiger partial charge in [-0.25, -0.2) is 0 Å². The lowest BCUT2D eigenvalue weighted by Crippen LogP contribution is -2.44. The standard InChI is InChI=1S/C78H125NO8/c1-6-8-10-12-14-16-18-20-22-24-26-28-30-32-33-34-35-36-37-38-39-40-41-42-43-45-47-49-51-53-55-57-59-61-63-65-67-69-76(81)87-74(73-86-78(77(82)83)84-71-70-79(3,4)5)72-85-75(80)68-66-64-62-60-58-56-54-52-50-48-46-44-31-29-27-25-23-21-19-17-15-13-11-9-7-2/h8-11,14-17,20-23,26-29,32-33,35-36,38-39,41-42,44,46,50,52,74,78H,6-7,12-13,18-19,24-25,30-31,34,37,40,43,45,47-49,51,53-73H2,1-5H3/b10-8-,11-9-,16-14-,17-15-,22-20-,23-21-,28-26-,29-27-,33-32-,36-35-,39-38-,42-41-,46-44-,52-50-. The minimum atomic E-state index is -1.64. The molecule has 0 rings (SSSR count). The third-order valence-corrected chi connectivity index (χ3v) is 14.0. The smallest absolute Gasteiger partial charge is 0.306 e. The zero-order valence-electron chi connectivity index (χ0n) is 55.8. The summed E-state index contributed by atoms with van der Waals surface area (Å²) in [7, 11) is 5.91. The molecule has 0 fully saturated rings. The average molecular weight is 1200 g/mol. The molecule has 2 atom stereocenters. The topological polar surface area (TPSA) is 111 Å². The van der Waals surface area contributed by atoms with Gasteiger partial charge in [-0.1, -0.05) is 274 Å². The van der Waals surface area contributed by atoms with Crippen molar-refractivity contribution in [1.29, 1.82) is 0 Å². The van der Waals surface area contributed by atoms with E-state index in [1.807, 2.05) is 21.1 Å². The number of hydrogen-bond donors (Lipinski definition) is 0. The first kappa shape index (κ1) is 81.7. The third kappa shape index (κ3) is 68.0. The highest BCUT2D eigenvalue weighted by Gasteiger charge is 2.22. The molecule has 0 heterocycles. The summed E-state index contributed by atoms with van der Waals surface area (Å²) in [6.07, 6.45) is 97.0. The second-order valence-electron chi connectivity index (χ2n) is 23.3. The fourth-order valence-corrected chi connectivity index (χ4v) is 8.79. The number of aliphatic carboxylic acids is 1. The van der Waals surface area contributed by atoms with Gasteiger partial charge in [0.2, 0.25) is 0 Å². The summed E-state index contributed by atoms with van der Waals surface area (Å²) in [5, 5.41) is 11.8. The lowest BCUT2D eigenvalue weighted by Gasteiger charge is -2.26. The van der Waals surface area contributed by atoms with E-state index in [1.54, 1.807) is 0 Å². The molecule has 0 aliphatic heterocycles. The van der Waals surface area contributed by atoms with Crippen molar-refractivity contribution in [1.82, 2.24) is 0 Å². The molecule has 2 unspecified atom stereocenters. The number of rotatable bonds is 61. The van der Waals surface area contributed by atoms with Crippen LogP contribution in [-0.4, -0.2) is 82.3 Å². The van der Waals surface area contributed by atoms with Crippen molar-refractivity contribution in [3.63, 3.8) is 0 Å². The Kier molecular flexibility index (Phi) is 62.5. The van der Waals surface area contributed by atoms with E-state index in [-0.39, 0.29) is 38.6 Å². The molecule has 9 heteroatoms. The predicted molar refractivity (Wildman–Crippen MR) is 370 cm³/mol. The number of likely N-dealkylation sites (N-methyl/N-ethyl adjacent to an activating group) is 1. The molecule has 0 amide bonds. The number of quaternary nitrogens is 1. The van der Waals surface area contributed by atoms with Gasteiger partial charge in [-0.2, -0.15) is 0 Å². The van der Waals surface area contributed by atoms with Crippen LogP contribution in [0.15, 0.2) is 170 Å². The number of carbonyl (C=O) groups excluding carboxylic acids is 3. The monoisotopic (exact) mass is 1200 g/mol. The largest absolute Gasteiger partial charge is 0.545 e. The maximum Gasteiger partial charge on any atom is 0.306 e. The summed E-state index contributed by atoms with van der Waals surface area (Å²) in [6, 6.07) is 0. The number of carboxylic acid groups (broad SMARTS) is 1. The van der Waals surface area contributed by atoms with Crippen LogP contribution < -0.4 is 5.11 Å². The number of nitrogens with zero attached hydrogens (tertiary/aromatic N) is 1. The first-order valence-corrected chi connectivity index (χ1v) is 34.3. The lowest BCUT2D eigenvalue weighted by molar-refractivity contribution is -0.870. The fraction of sp³-hybridized carbons (Fsp3) is 0.603.